The molecular weight excluding hydrogens is 440 g/mol. The molecule has 0 unspecified atom stereocenters. The topological polar surface area (TPSA) is 138 Å². The lowest BCUT2D eigenvalue weighted by molar-refractivity contribution is 0.449. The van der Waals surface area contributed by atoms with E-state index in [1.54, 1.807) is 4.90 Å². The first-order chi connectivity index (χ1) is 14.8. The van der Waals surface area contributed by atoms with Crippen molar-refractivity contribution in [3.05, 3.63) is 45.3 Å². The van der Waals surface area contributed by atoms with E-state index >= 15 is 0 Å². The molecule has 0 atom stereocenters. The highest BCUT2D eigenvalue weighted by atomic mass is 35.5. The molecule has 0 amide bonds. The average molecular weight is 463 g/mol. The van der Waals surface area contributed by atoms with E-state index in [4.69, 9.17) is 39.7 Å². The minimum absolute atomic E-state index is 0.0158. The molecule has 5 N–H and O–H groups in total. The number of ether oxygens (including phenoxy) is 1. The number of anilines is 1. The number of aryl methyl sites for hydroxylation is 1. The van der Waals surface area contributed by atoms with Gasteiger partial charge in [0.15, 0.2) is 22.1 Å². The number of nitrogens with zero attached hydrogens (tertiary/aromatic N) is 4. The molecule has 0 aliphatic heterocycles. The van der Waals surface area contributed by atoms with Crippen LogP contribution in [-0.4, -0.2) is 56.4 Å². The number of rotatable bonds is 6. The first-order valence-electron chi connectivity index (χ1n) is 9.51. The van der Waals surface area contributed by atoms with E-state index in [0.29, 0.717) is 17.5 Å². The zero-order valence-electron chi connectivity index (χ0n) is 17.1. The van der Waals surface area contributed by atoms with Crippen LogP contribution in [0.25, 0.3) is 11.2 Å². The standard InChI is InChI=1S/C19H23ClN8O2S/c1-27(2)19(31)30-12-8-6-11(7-9-12)5-3-4-10-23-18(22)28-17(29)13-16(26-28)25-15(21)14(20)24-13/h6-9H,3-5,10H2,1-2H3,(H2,22,23)(H3,21,25,26). The maximum atomic E-state index is 12.4. The van der Waals surface area contributed by atoms with Gasteiger partial charge in [-0.1, -0.05) is 23.7 Å². The Hall–Kier alpha value is -3.18. The first kappa shape index (κ1) is 22.5. The number of benzene rings is 1. The normalized spacial score (nSPS) is 10.8. The van der Waals surface area contributed by atoms with E-state index in [2.05, 4.69) is 20.4 Å². The van der Waals surface area contributed by atoms with Gasteiger partial charge in [-0.15, -0.1) is 0 Å². The number of hydrogen-bond donors (Lipinski definition) is 4. The highest BCUT2D eigenvalue weighted by Crippen LogP contribution is 2.16. The van der Waals surface area contributed by atoms with Crippen LogP contribution in [0.2, 0.25) is 5.15 Å². The minimum Gasteiger partial charge on any atom is -0.432 e. The summed E-state index contributed by atoms with van der Waals surface area (Å²) in [5, 5.41) is 14.1. The molecule has 3 aromatic rings. The number of nitrogen functional groups attached to an aromatic ring is 1. The fourth-order valence-electron chi connectivity index (χ4n) is 2.73. The second-order valence-corrected chi connectivity index (χ2v) is 7.70. The van der Waals surface area contributed by atoms with Gasteiger partial charge in [0.05, 0.1) is 0 Å². The maximum absolute atomic E-state index is 12.4. The number of nitrogens with two attached hydrogens (primary N) is 1. The van der Waals surface area contributed by atoms with Gasteiger partial charge < -0.3 is 20.7 Å². The summed E-state index contributed by atoms with van der Waals surface area (Å²) in [6.45, 7) is 0.530. The van der Waals surface area contributed by atoms with Crippen molar-refractivity contribution in [1.29, 1.82) is 5.41 Å². The number of unbranched alkanes of at least 4 members (excludes halogenated alkanes) is 1. The van der Waals surface area contributed by atoms with Gasteiger partial charge in [0, 0.05) is 20.6 Å². The van der Waals surface area contributed by atoms with Crippen molar-refractivity contribution >= 4 is 51.9 Å². The lowest BCUT2D eigenvalue weighted by Crippen LogP contribution is -2.36. The van der Waals surface area contributed by atoms with Gasteiger partial charge in [0.1, 0.15) is 5.75 Å². The predicted octanol–water partition coefficient (Wildman–Crippen LogP) is 1.98. The Bertz CT molecular complexity index is 1160. The molecule has 0 saturated heterocycles. The summed E-state index contributed by atoms with van der Waals surface area (Å²) in [5.41, 5.74) is 6.48. The van der Waals surface area contributed by atoms with Crippen LogP contribution in [-0.2, 0) is 6.42 Å². The molecule has 0 fully saturated rings. The van der Waals surface area contributed by atoms with Gasteiger partial charge in [0.2, 0.25) is 5.96 Å². The Morgan fingerprint density at radius 2 is 2.03 bits per heavy atom. The Morgan fingerprint density at radius 3 is 2.71 bits per heavy atom. The summed E-state index contributed by atoms with van der Waals surface area (Å²) in [4.78, 5) is 22.0. The molecule has 3 rings (SSSR count). The van der Waals surface area contributed by atoms with Crippen molar-refractivity contribution in [2.45, 2.75) is 19.3 Å². The van der Waals surface area contributed by atoms with E-state index in [1.807, 2.05) is 38.4 Å². The third-order valence-electron chi connectivity index (χ3n) is 4.40. The summed E-state index contributed by atoms with van der Waals surface area (Å²) < 4.78 is 6.58. The molecule has 0 saturated carbocycles. The van der Waals surface area contributed by atoms with Crippen LogP contribution < -0.4 is 21.3 Å². The minimum atomic E-state index is -0.516. The number of nitrogens with one attached hydrogen (secondary N) is 3. The number of halogens is 1. The maximum Gasteiger partial charge on any atom is 0.302 e. The third-order valence-corrected chi connectivity index (χ3v) is 5.13. The van der Waals surface area contributed by atoms with E-state index in [-0.39, 0.29) is 28.1 Å². The Kier molecular flexibility index (Phi) is 7.08. The van der Waals surface area contributed by atoms with Crippen LogP contribution >= 0.6 is 23.8 Å². The van der Waals surface area contributed by atoms with E-state index in [0.717, 1.165) is 23.9 Å². The zero-order chi connectivity index (χ0) is 22.5. The van der Waals surface area contributed by atoms with Crippen molar-refractivity contribution < 1.29 is 4.74 Å². The second kappa shape index (κ2) is 9.75. The summed E-state index contributed by atoms with van der Waals surface area (Å²) in [5.74, 6) is 0.619. The lowest BCUT2D eigenvalue weighted by Gasteiger charge is -2.14. The predicted molar refractivity (Wildman–Crippen MR) is 125 cm³/mol. The fraction of sp³-hybridized carbons (Fsp3) is 0.316. The van der Waals surface area contributed by atoms with Crippen LogP contribution in [0.5, 0.6) is 5.75 Å². The van der Waals surface area contributed by atoms with Crippen LogP contribution in [0.4, 0.5) is 5.82 Å². The second-order valence-electron chi connectivity index (χ2n) is 6.99. The van der Waals surface area contributed by atoms with E-state index in [9.17, 15) is 4.79 Å². The number of fused-ring (bicyclic) bond motifs is 1. The molecule has 10 nitrogen and oxygen atoms in total. The van der Waals surface area contributed by atoms with Crippen molar-refractivity contribution in [2.75, 3.05) is 26.4 Å². The molecule has 0 bridgehead atoms. The Morgan fingerprint density at radius 1 is 1.32 bits per heavy atom. The van der Waals surface area contributed by atoms with Crippen LogP contribution in [0.15, 0.2) is 29.1 Å². The number of H-pyrrole nitrogens is 1. The average Bonchev–Trinajstić information content (AvgIpc) is 3.04. The van der Waals surface area contributed by atoms with Crippen LogP contribution in [0.1, 0.15) is 18.4 Å². The van der Waals surface area contributed by atoms with Gasteiger partial charge >= 0.3 is 5.56 Å². The highest BCUT2D eigenvalue weighted by Gasteiger charge is 2.14. The summed E-state index contributed by atoms with van der Waals surface area (Å²) in [7, 11) is 3.66. The molecule has 12 heteroatoms. The van der Waals surface area contributed by atoms with Gasteiger partial charge in [-0.05, 0) is 49.2 Å². The summed E-state index contributed by atoms with van der Waals surface area (Å²) in [6, 6.07) is 7.79. The zero-order valence-corrected chi connectivity index (χ0v) is 18.7. The third kappa shape index (κ3) is 5.50. The lowest BCUT2D eigenvalue weighted by atomic mass is 10.1. The highest BCUT2D eigenvalue weighted by molar-refractivity contribution is 7.80. The smallest absolute Gasteiger partial charge is 0.302 e. The Balaban J connectivity index is 1.46. The monoisotopic (exact) mass is 462 g/mol. The molecule has 1 aromatic carbocycles. The molecule has 2 aromatic heterocycles. The van der Waals surface area contributed by atoms with Gasteiger partial charge in [-0.2, -0.15) is 4.68 Å². The number of thiocarbonyl (C=S) groups is 1. The molecule has 0 spiro atoms. The van der Waals surface area contributed by atoms with Gasteiger partial charge in [0.25, 0.3) is 5.17 Å². The van der Waals surface area contributed by atoms with Crippen molar-refractivity contribution in [2.24, 2.45) is 0 Å². The van der Waals surface area contributed by atoms with Gasteiger partial charge in [-0.3, -0.25) is 15.3 Å². The fourth-order valence-corrected chi connectivity index (χ4v) is 2.95. The Labute approximate surface area is 188 Å². The number of hydrogen-bond acceptors (Lipinski definition) is 7. The van der Waals surface area contributed by atoms with Crippen molar-refractivity contribution in [3.63, 3.8) is 0 Å². The summed E-state index contributed by atoms with van der Waals surface area (Å²) in [6.07, 6.45) is 2.61. The number of aromatic nitrogens is 4. The number of aromatic amines is 1. The van der Waals surface area contributed by atoms with Crippen molar-refractivity contribution in [3.8, 4) is 5.75 Å². The molecule has 0 aliphatic carbocycles. The molecule has 0 radical (unpaired) electrons. The SMILES string of the molecule is CN(C)C(=S)Oc1ccc(CCCCNC(=N)n2[nH]c3nc(N)c(Cl)nc3c2=O)cc1. The van der Waals surface area contributed by atoms with Crippen LogP contribution in [0, 0.1) is 5.41 Å². The molecule has 31 heavy (non-hydrogen) atoms. The quantitative estimate of drug-likeness (QED) is 0.189. The molecular formula is C19H23ClN8O2S. The van der Waals surface area contributed by atoms with E-state index < -0.39 is 5.56 Å². The van der Waals surface area contributed by atoms with Crippen molar-refractivity contribution in [1.82, 2.24) is 30.0 Å². The molecule has 164 valence electrons. The summed E-state index contributed by atoms with van der Waals surface area (Å²) >= 11 is 10.9. The molecule has 2 heterocycles. The van der Waals surface area contributed by atoms with E-state index in [1.165, 1.54) is 5.56 Å². The molecule has 0 aliphatic rings. The van der Waals surface area contributed by atoms with Gasteiger partial charge in [-0.25, -0.2) is 9.97 Å². The van der Waals surface area contributed by atoms with Crippen LogP contribution in [0.3, 0.4) is 0 Å². The largest absolute Gasteiger partial charge is 0.432 e. The first-order valence-corrected chi connectivity index (χ1v) is 10.3.